The van der Waals surface area contributed by atoms with Crippen LogP contribution in [0.15, 0.2) is 36.9 Å². The van der Waals surface area contributed by atoms with E-state index in [9.17, 15) is 4.79 Å². The van der Waals surface area contributed by atoms with E-state index in [0.29, 0.717) is 24.2 Å². The van der Waals surface area contributed by atoms with Crippen molar-refractivity contribution in [2.45, 2.75) is 39.7 Å². The molecule has 27 heavy (non-hydrogen) atoms. The van der Waals surface area contributed by atoms with E-state index >= 15 is 0 Å². The number of amides is 1. The van der Waals surface area contributed by atoms with Crippen LogP contribution in [0.4, 0.5) is 0 Å². The molecule has 142 valence electrons. The summed E-state index contributed by atoms with van der Waals surface area (Å²) in [5.74, 6) is 1.34. The van der Waals surface area contributed by atoms with Gasteiger partial charge in [-0.1, -0.05) is 13.8 Å². The van der Waals surface area contributed by atoms with E-state index in [4.69, 9.17) is 4.98 Å². The number of likely N-dealkylation sites (tertiary alicyclic amines) is 1. The Hall–Kier alpha value is -2.63. The first-order valence-electron chi connectivity index (χ1n) is 9.82. The molecule has 0 atom stereocenters. The zero-order valence-electron chi connectivity index (χ0n) is 16.1. The van der Waals surface area contributed by atoms with Crippen molar-refractivity contribution >= 4 is 16.9 Å². The molecule has 3 aromatic heterocycles. The quantitative estimate of drug-likeness (QED) is 0.749. The van der Waals surface area contributed by atoms with Crippen LogP contribution < -0.4 is 0 Å². The molecule has 0 aromatic carbocycles. The fourth-order valence-corrected chi connectivity index (χ4v) is 3.91. The molecule has 3 aromatic rings. The van der Waals surface area contributed by atoms with Gasteiger partial charge in [-0.05, 0) is 36.8 Å². The highest BCUT2D eigenvalue weighted by Crippen LogP contribution is 2.25. The first-order chi connectivity index (χ1) is 13.1. The molecule has 0 unspecified atom stereocenters. The lowest BCUT2D eigenvalue weighted by Gasteiger charge is -2.32. The van der Waals surface area contributed by atoms with E-state index in [2.05, 4.69) is 46.9 Å². The van der Waals surface area contributed by atoms with E-state index < -0.39 is 0 Å². The van der Waals surface area contributed by atoms with Gasteiger partial charge in [0, 0.05) is 61.2 Å². The predicted molar refractivity (Wildman–Crippen MR) is 106 cm³/mol. The smallest absolute Gasteiger partial charge is 0.222 e. The molecule has 1 aliphatic rings. The van der Waals surface area contributed by atoms with Crippen LogP contribution in [0.5, 0.6) is 0 Å². The predicted octanol–water partition coefficient (Wildman–Crippen LogP) is 3.71. The van der Waals surface area contributed by atoms with Gasteiger partial charge in [0.25, 0.3) is 0 Å². The van der Waals surface area contributed by atoms with E-state index in [1.54, 1.807) is 0 Å². The molecule has 1 N–H and O–H groups in total. The largest absolute Gasteiger partial charge is 0.343 e. The number of piperidine rings is 1. The number of carbonyl (C=O) groups is 1. The summed E-state index contributed by atoms with van der Waals surface area (Å²) in [4.78, 5) is 19.0. The second kappa shape index (κ2) is 7.55. The van der Waals surface area contributed by atoms with Crippen LogP contribution in [0, 0.1) is 11.8 Å². The molecule has 4 heterocycles. The lowest BCUT2D eigenvalue weighted by Crippen LogP contribution is -2.39. The van der Waals surface area contributed by atoms with Crippen LogP contribution in [0.1, 0.15) is 33.1 Å². The summed E-state index contributed by atoms with van der Waals surface area (Å²) in [5.41, 5.74) is 3.15. The fraction of sp³-hybridized carbons (Fsp3) is 0.476. The Morgan fingerprint density at radius 1 is 1.26 bits per heavy atom. The van der Waals surface area contributed by atoms with Gasteiger partial charge in [0.15, 0.2) is 0 Å². The molecule has 1 saturated heterocycles. The minimum atomic E-state index is 0.309. The van der Waals surface area contributed by atoms with Gasteiger partial charge < -0.3 is 9.47 Å². The third-order valence-electron chi connectivity index (χ3n) is 5.44. The topological polar surface area (TPSA) is 66.8 Å². The number of hydrogen-bond acceptors (Lipinski definition) is 3. The Morgan fingerprint density at radius 2 is 2.07 bits per heavy atom. The van der Waals surface area contributed by atoms with Crippen molar-refractivity contribution < 1.29 is 4.79 Å². The van der Waals surface area contributed by atoms with Gasteiger partial charge >= 0.3 is 0 Å². The number of H-pyrrole nitrogens is 1. The molecule has 1 aliphatic heterocycles. The molecule has 6 heteroatoms. The van der Waals surface area contributed by atoms with Gasteiger partial charge in [-0.2, -0.15) is 5.10 Å². The highest BCUT2D eigenvalue weighted by Gasteiger charge is 2.23. The molecule has 0 spiro atoms. The van der Waals surface area contributed by atoms with Gasteiger partial charge in [0.1, 0.15) is 5.65 Å². The van der Waals surface area contributed by atoms with Crippen molar-refractivity contribution in [3.8, 4) is 11.1 Å². The Kier molecular flexibility index (Phi) is 4.97. The second-order valence-electron chi connectivity index (χ2n) is 8.01. The Bertz CT molecular complexity index is 904. The van der Waals surface area contributed by atoms with Crippen LogP contribution in [0.2, 0.25) is 0 Å². The Morgan fingerprint density at radius 3 is 2.78 bits per heavy atom. The first kappa shape index (κ1) is 17.8. The number of carbonyl (C=O) groups excluding carboxylic acids is 1. The van der Waals surface area contributed by atoms with E-state index in [1.807, 2.05) is 23.5 Å². The summed E-state index contributed by atoms with van der Waals surface area (Å²) < 4.78 is 2.25. The maximum Gasteiger partial charge on any atom is 0.222 e. The number of aromatic nitrogens is 4. The molecular weight excluding hydrogens is 338 g/mol. The third-order valence-corrected chi connectivity index (χ3v) is 5.44. The molecule has 4 rings (SSSR count). The summed E-state index contributed by atoms with van der Waals surface area (Å²) in [5, 5.41) is 8.01. The van der Waals surface area contributed by atoms with Crippen LogP contribution >= 0.6 is 0 Å². The first-order valence-corrected chi connectivity index (χ1v) is 9.82. The number of aromatic amines is 1. The van der Waals surface area contributed by atoms with Crippen molar-refractivity contribution in [3.63, 3.8) is 0 Å². The van der Waals surface area contributed by atoms with E-state index in [0.717, 1.165) is 54.6 Å². The summed E-state index contributed by atoms with van der Waals surface area (Å²) in [6.45, 7) is 6.94. The molecule has 0 bridgehead atoms. The van der Waals surface area contributed by atoms with Crippen molar-refractivity contribution in [1.29, 1.82) is 0 Å². The van der Waals surface area contributed by atoms with Crippen LogP contribution in [-0.4, -0.2) is 43.6 Å². The molecule has 1 amide bonds. The van der Waals surface area contributed by atoms with Gasteiger partial charge in [-0.25, -0.2) is 4.98 Å². The number of nitrogens with zero attached hydrogens (tertiary/aromatic N) is 4. The zero-order valence-corrected chi connectivity index (χ0v) is 16.1. The van der Waals surface area contributed by atoms with Crippen LogP contribution in [-0.2, 0) is 11.3 Å². The maximum atomic E-state index is 12.2. The summed E-state index contributed by atoms with van der Waals surface area (Å²) >= 11 is 0. The lowest BCUT2D eigenvalue weighted by molar-refractivity contribution is -0.133. The van der Waals surface area contributed by atoms with Gasteiger partial charge in [0.2, 0.25) is 5.91 Å². The number of fused-ring (bicyclic) bond motifs is 1. The lowest BCUT2D eigenvalue weighted by atomic mass is 9.96. The van der Waals surface area contributed by atoms with Crippen molar-refractivity contribution in [2.75, 3.05) is 13.1 Å². The molecular formula is C21H27N5O. The molecule has 6 nitrogen and oxygen atoms in total. The minimum Gasteiger partial charge on any atom is -0.343 e. The zero-order chi connectivity index (χ0) is 18.8. The molecule has 0 saturated carbocycles. The third kappa shape index (κ3) is 3.89. The standard InChI is InChI=1S/C21H27N5O/c1-15(2)9-20(27)25-6-3-16(4-7-25)14-26-8-5-17-10-18(11-22-21(17)26)19-12-23-24-13-19/h5,8,10-13,15-16H,3-4,6-7,9,14H2,1-2H3,(H,23,24). The number of pyridine rings is 1. The maximum absolute atomic E-state index is 12.2. The Labute approximate surface area is 159 Å². The normalized spacial score (nSPS) is 15.7. The SMILES string of the molecule is CC(C)CC(=O)N1CCC(Cn2ccc3cc(-c4cn[nH]c4)cnc32)CC1. The van der Waals surface area contributed by atoms with Crippen molar-refractivity contribution in [1.82, 2.24) is 24.6 Å². The number of hydrogen-bond donors (Lipinski definition) is 1. The summed E-state index contributed by atoms with van der Waals surface area (Å²) in [7, 11) is 0. The molecule has 1 fully saturated rings. The van der Waals surface area contributed by atoms with Gasteiger partial charge in [0.05, 0.1) is 6.20 Å². The van der Waals surface area contributed by atoms with Crippen molar-refractivity contribution in [2.24, 2.45) is 11.8 Å². The van der Waals surface area contributed by atoms with Crippen LogP contribution in [0.25, 0.3) is 22.2 Å². The molecule has 0 radical (unpaired) electrons. The average Bonchev–Trinajstić information content (AvgIpc) is 3.32. The molecule has 0 aliphatic carbocycles. The highest BCUT2D eigenvalue weighted by atomic mass is 16.2. The van der Waals surface area contributed by atoms with Crippen molar-refractivity contribution in [3.05, 3.63) is 36.9 Å². The number of rotatable bonds is 5. The highest BCUT2D eigenvalue weighted by molar-refractivity contribution is 5.81. The summed E-state index contributed by atoms with van der Waals surface area (Å²) in [6.07, 6.45) is 10.5. The average molecular weight is 365 g/mol. The Balaban J connectivity index is 1.40. The number of nitrogens with one attached hydrogen (secondary N) is 1. The summed E-state index contributed by atoms with van der Waals surface area (Å²) in [6, 6.07) is 4.30. The van der Waals surface area contributed by atoms with Gasteiger partial charge in [-0.15, -0.1) is 0 Å². The fourth-order valence-electron chi connectivity index (χ4n) is 3.91. The monoisotopic (exact) mass is 365 g/mol. The van der Waals surface area contributed by atoms with Gasteiger partial charge in [-0.3, -0.25) is 9.89 Å². The van der Waals surface area contributed by atoms with E-state index in [1.165, 1.54) is 0 Å². The van der Waals surface area contributed by atoms with Crippen LogP contribution in [0.3, 0.4) is 0 Å². The minimum absolute atomic E-state index is 0.309. The second-order valence-corrected chi connectivity index (χ2v) is 8.01. The van der Waals surface area contributed by atoms with E-state index in [-0.39, 0.29) is 0 Å².